The summed E-state index contributed by atoms with van der Waals surface area (Å²) in [5.74, 6) is -17.0. The molecule has 7 rings (SSSR count). The number of methoxy groups -OCH3 is 1. The lowest BCUT2D eigenvalue weighted by molar-refractivity contribution is -0.160. The minimum atomic E-state index is -2.47. The number of nitrogens with one attached hydrogen (secondary N) is 11. The van der Waals surface area contributed by atoms with Gasteiger partial charge in [0.2, 0.25) is 65.3 Å². The van der Waals surface area contributed by atoms with Gasteiger partial charge in [0.15, 0.2) is 6.04 Å². The molecule has 31 nitrogen and oxygen atoms in total. The Labute approximate surface area is 612 Å². The van der Waals surface area contributed by atoms with E-state index < -0.39 is 187 Å². The van der Waals surface area contributed by atoms with E-state index in [0.717, 1.165) is 24.8 Å². The highest BCUT2D eigenvalue weighted by atomic mass is 16.5. The van der Waals surface area contributed by atoms with Gasteiger partial charge in [0.1, 0.15) is 66.3 Å². The van der Waals surface area contributed by atoms with Gasteiger partial charge in [-0.2, -0.15) is 0 Å². The quantitative estimate of drug-likeness (QED) is 0.0455. The molecular weight excluding hydrogens is 1370 g/mol. The second-order valence-electron chi connectivity index (χ2n) is 26.8. The molecule has 2 saturated heterocycles. The number of esters is 1. The lowest BCUT2D eigenvalue weighted by Crippen LogP contribution is -2.62. The number of fused-ring (bicyclic) bond motifs is 2. The van der Waals surface area contributed by atoms with Gasteiger partial charge < -0.3 is 93.0 Å². The number of aliphatic carboxylic acids is 1. The molecule has 5 aromatic rings. The number of benzene rings is 4. The minimum absolute atomic E-state index is 0.0144. The molecule has 11 amide bonds. The first-order valence-corrected chi connectivity index (χ1v) is 34.8. The molecule has 3 heterocycles. The molecule has 2 aliphatic heterocycles. The van der Waals surface area contributed by atoms with E-state index in [1.165, 1.54) is 39.2 Å². The van der Waals surface area contributed by atoms with Crippen LogP contribution in [0.4, 0.5) is 0 Å². The molecule has 14 atom stereocenters. The van der Waals surface area contributed by atoms with Crippen LogP contribution in [0.25, 0.3) is 23.1 Å². The highest BCUT2D eigenvalue weighted by molar-refractivity contribution is 6.01. The van der Waals surface area contributed by atoms with Gasteiger partial charge in [0, 0.05) is 42.1 Å². The number of carbonyl (C=O) groups is 13. The third-order valence-electron chi connectivity index (χ3n) is 18.1. The zero-order valence-corrected chi connectivity index (χ0v) is 60.2. The number of aliphatic hydroxyl groups is 3. The predicted molar refractivity (Wildman–Crippen MR) is 386 cm³/mol. The monoisotopic (exact) mass is 1470 g/mol. The highest BCUT2D eigenvalue weighted by Gasteiger charge is 2.44. The number of nitrogens with zero attached hydrogens (tertiary/aromatic N) is 1. The number of H-pyrrole nitrogens is 1. The Bertz CT molecular complexity index is 4050. The molecule has 0 spiro atoms. The zero-order chi connectivity index (χ0) is 77.6. The van der Waals surface area contributed by atoms with Crippen molar-refractivity contribution in [2.45, 2.75) is 172 Å². The molecule has 2 aliphatic rings. The van der Waals surface area contributed by atoms with Gasteiger partial charge in [-0.3, -0.25) is 57.5 Å². The molecule has 1 aromatic heterocycles. The van der Waals surface area contributed by atoms with Crippen LogP contribution in [0.3, 0.4) is 0 Å². The van der Waals surface area contributed by atoms with Gasteiger partial charge in [-0.1, -0.05) is 132 Å². The smallest absolute Gasteiger partial charge is 0.331 e. The normalized spacial score (nSPS) is 24.6. The summed E-state index contributed by atoms with van der Waals surface area (Å²) in [4.78, 5) is 190. The summed E-state index contributed by atoms with van der Waals surface area (Å²) in [6.45, 7) is 10.9. The number of cyclic esters (lactones) is 1. The van der Waals surface area contributed by atoms with Crippen LogP contribution in [-0.4, -0.2) is 200 Å². The van der Waals surface area contributed by atoms with E-state index in [1.54, 1.807) is 137 Å². The number of allylic oxidation sites excluding steroid dienone is 1. The third-order valence-corrected chi connectivity index (χ3v) is 18.1. The number of hydrogen-bond donors (Lipinski definition) is 15. The average molecular weight is 1470 g/mol. The number of ether oxygens (including phenoxy) is 2. The molecule has 4 aromatic carbocycles. The van der Waals surface area contributed by atoms with Gasteiger partial charge in [-0.05, 0) is 104 Å². The summed E-state index contributed by atoms with van der Waals surface area (Å²) < 4.78 is 11.2. The molecule has 31 heteroatoms. The fourth-order valence-electron chi connectivity index (χ4n) is 12.2. The Balaban J connectivity index is 1.29. The van der Waals surface area contributed by atoms with Crippen molar-refractivity contribution in [1.29, 1.82) is 0 Å². The first-order chi connectivity index (χ1) is 50.4. The fourth-order valence-corrected chi connectivity index (χ4v) is 12.2. The summed E-state index contributed by atoms with van der Waals surface area (Å²) in [5.41, 5.74) is 2.97. The van der Waals surface area contributed by atoms with Gasteiger partial charge in [0.25, 0.3) is 5.91 Å². The number of aromatic amines is 1. The molecule has 2 fully saturated rings. The topological polar surface area (TPSA) is 461 Å². The Morgan fingerprint density at radius 3 is 1.92 bits per heavy atom. The van der Waals surface area contributed by atoms with Crippen LogP contribution in [0.15, 0.2) is 121 Å². The number of rotatable bonds is 17. The molecule has 0 radical (unpaired) electrons. The molecule has 568 valence electrons. The SMILES string of the molecule is C/C=C\c1ccccc1/C=C/C(=O)NC1C(=O)N[C@H](C)C(=O)N[C@@H](CC(=O)O)C(=O)NCC(=O)N[C@@H]([C@@H](O)c2ccccc2)C(=O)N2CCC[C@H]2C(=O)N[C@@H]([C@@H](C)c2ccc(OC)cc2)C(=O)N[C@H](Cc2c[nH]c3ccccc23)C(=O)N[C@@H](O)C(=O)N[C@H](CC(C)C)C(=O)N[C@H]([C@@H](O)C(C)C)C(=O)O[C@@H]1C. The summed E-state index contributed by atoms with van der Waals surface area (Å²) in [6.07, 6.45) is -1.63. The molecular formula is C75H94N12O19. The number of amides is 11. The van der Waals surface area contributed by atoms with Crippen molar-refractivity contribution in [3.05, 3.63) is 149 Å². The lowest BCUT2D eigenvalue weighted by Gasteiger charge is -2.33. The summed E-state index contributed by atoms with van der Waals surface area (Å²) in [5, 5.41) is 70.0. The number of carboxylic acid groups (broad SMARTS) is 1. The minimum Gasteiger partial charge on any atom is -0.497 e. The van der Waals surface area contributed by atoms with E-state index in [0.29, 0.717) is 38.9 Å². The van der Waals surface area contributed by atoms with E-state index in [1.807, 2.05) is 0 Å². The van der Waals surface area contributed by atoms with Crippen molar-refractivity contribution >= 4 is 100.0 Å². The van der Waals surface area contributed by atoms with E-state index in [2.05, 4.69) is 58.2 Å². The first-order valence-electron chi connectivity index (χ1n) is 34.8. The van der Waals surface area contributed by atoms with Crippen molar-refractivity contribution in [2.24, 2.45) is 11.8 Å². The maximum atomic E-state index is 15.3. The predicted octanol–water partition coefficient (Wildman–Crippen LogP) is 0.926. The van der Waals surface area contributed by atoms with Crippen molar-refractivity contribution in [3.63, 3.8) is 0 Å². The van der Waals surface area contributed by atoms with Crippen LogP contribution in [0.1, 0.15) is 121 Å². The van der Waals surface area contributed by atoms with Crippen molar-refractivity contribution < 1.29 is 92.2 Å². The molecule has 106 heavy (non-hydrogen) atoms. The molecule has 15 N–H and O–H groups in total. The number of aliphatic hydroxyl groups excluding tert-OH is 3. The second kappa shape index (κ2) is 38.4. The first kappa shape index (κ1) is 82.0. The third kappa shape index (κ3) is 22.4. The number of carbonyl (C=O) groups excluding carboxylic acids is 12. The van der Waals surface area contributed by atoms with Crippen LogP contribution in [-0.2, 0) is 73.5 Å². The van der Waals surface area contributed by atoms with Gasteiger partial charge in [0.05, 0.1) is 26.2 Å². The standard InChI is InChI=1S/C75H94N12O19/c1-10-19-45-20-14-15-21-46(45)29-32-56(88)82-60-43(8)106-75(104)62(63(92)40(4)5)85-67(96)52(34-39(2)3)81-72(101)73(102)86-68(97)53(35-48-37-76-51-25-17-16-24-50(48)51)80-70(99)59(41(6)44-27-30-49(105-9)31-28-44)84-69(98)55-26-18-33-87(55)74(103)61(64(93)47-22-12-11-13-23-47)83-57(89)38-77-66(95)54(36-58(90)91)79-65(94)42(7)78-71(60)100/h10-17,19-25,27-32,37,39-43,52-55,59-64,73,76,92-93,102H,18,26,33-36,38H2,1-9H3,(H,77,95)(H,78,100)(H,79,94)(H,80,99)(H,81,101)(H,82,88)(H,83,89)(H,84,98)(H,85,96)(H,86,97)(H,90,91)/b19-10-,32-29+/t41-,42+,43+,52+,53+,54-,55-,59-,60?,61-,62+,63-,64-,73-/m0/s1. The van der Waals surface area contributed by atoms with Crippen LogP contribution >= 0.6 is 0 Å². The van der Waals surface area contributed by atoms with Crippen LogP contribution in [0, 0.1) is 11.8 Å². The van der Waals surface area contributed by atoms with Crippen molar-refractivity contribution in [2.75, 3.05) is 20.2 Å². The Hall–Kier alpha value is -11.3. The maximum Gasteiger partial charge on any atom is 0.331 e. The number of hydrogen-bond acceptors (Lipinski definition) is 18. The second-order valence-corrected chi connectivity index (χ2v) is 26.8. The van der Waals surface area contributed by atoms with Crippen LogP contribution in [0.2, 0.25) is 0 Å². The Kier molecular flexibility index (Phi) is 29.7. The van der Waals surface area contributed by atoms with E-state index in [4.69, 9.17) is 9.47 Å². The Morgan fingerprint density at radius 1 is 0.651 bits per heavy atom. The van der Waals surface area contributed by atoms with Crippen molar-refractivity contribution in [3.8, 4) is 5.75 Å². The highest BCUT2D eigenvalue weighted by Crippen LogP contribution is 2.28. The zero-order valence-electron chi connectivity index (χ0n) is 60.2. The lowest BCUT2D eigenvalue weighted by atomic mass is 9.91. The number of aromatic nitrogens is 1. The maximum absolute atomic E-state index is 15.3. The van der Waals surface area contributed by atoms with Gasteiger partial charge in [-0.25, -0.2) is 4.79 Å². The molecule has 0 aliphatic carbocycles. The van der Waals surface area contributed by atoms with Crippen LogP contribution in [0.5, 0.6) is 5.75 Å². The molecule has 0 bridgehead atoms. The summed E-state index contributed by atoms with van der Waals surface area (Å²) >= 11 is 0. The van der Waals surface area contributed by atoms with Crippen molar-refractivity contribution in [1.82, 2.24) is 63.1 Å². The van der Waals surface area contributed by atoms with E-state index in [-0.39, 0.29) is 37.8 Å². The largest absolute Gasteiger partial charge is 0.497 e. The summed E-state index contributed by atoms with van der Waals surface area (Å²) in [6, 6.07) is 12.2. The fraction of sp³-hybridized carbons (Fsp3) is 0.427. The Morgan fingerprint density at radius 2 is 1.27 bits per heavy atom. The molecule has 0 saturated carbocycles. The van der Waals surface area contributed by atoms with Gasteiger partial charge in [-0.15, -0.1) is 0 Å². The average Bonchev–Trinajstić information content (AvgIpc) is 1.83. The van der Waals surface area contributed by atoms with Gasteiger partial charge >= 0.3 is 11.9 Å². The number of carboxylic acids is 1. The summed E-state index contributed by atoms with van der Waals surface area (Å²) in [7, 11) is 1.44. The van der Waals surface area contributed by atoms with Crippen LogP contribution < -0.4 is 57.9 Å². The van der Waals surface area contributed by atoms with E-state index in [9.17, 15) is 68.4 Å². The molecule has 1 unspecified atom stereocenters. The number of para-hydroxylation sites is 1. The van der Waals surface area contributed by atoms with E-state index >= 15 is 14.4 Å².